The fourth-order valence-electron chi connectivity index (χ4n) is 3.87. The summed E-state index contributed by atoms with van der Waals surface area (Å²) in [6, 6.07) is 13.8. The topological polar surface area (TPSA) is 42.2 Å². The third-order valence-electron chi connectivity index (χ3n) is 4.72. The molecule has 0 saturated heterocycles. The van der Waals surface area contributed by atoms with Crippen LogP contribution in [0.3, 0.4) is 0 Å². The van der Waals surface area contributed by atoms with Crippen molar-refractivity contribution in [1.29, 1.82) is 0 Å². The second kappa shape index (κ2) is 9.56. The van der Waals surface area contributed by atoms with Crippen LogP contribution in [0.2, 0.25) is 0 Å². The summed E-state index contributed by atoms with van der Waals surface area (Å²) < 4.78 is 2.62. The van der Waals surface area contributed by atoms with Crippen LogP contribution < -0.4 is 4.48 Å². The van der Waals surface area contributed by atoms with Gasteiger partial charge in [-0.15, -0.1) is 0 Å². The summed E-state index contributed by atoms with van der Waals surface area (Å²) in [6.07, 6.45) is 0. The van der Waals surface area contributed by atoms with Crippen LogP contribution in [0.5, 0.6) is 0 Å². The average molecular weight is 384 g/mol. The molecule has 1 aliphatic heterocycles. The minimum absolute atomic E-state index is 0.378. The highest BCUT2D eigenvalue weighted by molar-refractivity contribution is 6.12. The van der Waals surface area contributed by atoms with Crippen molar-refractivity contribution in [2.45, 2.75) is 41.5 Å². The Bertz CT molecular complexity index is 953. The zero-order valence-electron chi connectivity index (χ0n) is 18.8. The highest BCUT2D eigenvalue weighted by atomic mass is 16.4. The first kappa shape index (κ1) is 23.4. The van der Waals surface area contributed by atoms with Gasteiger partial charge in [0.2, 0.25) is 0 Å². The zero-order chi connectivity index (χ0) is 21.6. The fourth-order valence-corrected chi connectivity index (χ4v) is 3.87. The lowest BCUT2D eigenvalue weighted by molar-refractivity contribution is 0.0696. The van der Waals surface area contributed by atoms with Crippen molar-refractivity contribution in [3.63, 3.8) is 0 Å². The van der Waals surface area contributed by atoms with E-state index in [1.165, 1.54) is 16.6 Å². The summed E-state index contributed by atoms with van der Waals surface area (Å²) in [6.45, 7) is 12.0. The van der Waals surface area contributed by atoms with E-state index in [-0.39, 0.29) is 0 Å². The predicted molar refractivity (Wildman–Crippen MR) is 123 cm³/mol. The van der Waals surface area contributed by atoms with Gasteiger partial charge in [0.25, 0.3) is 0 Å². The van der Waals surface area contributed by atoms with Gasteiger partial charge in [0.05, 0.1) is 30.6 Å². The molecule has 4 nitrogen and oxygen atoms in total. The van der Waals surface area contributed by atoms with Crippen LogP contribution in [0.25, 0.3) is 22.2 Å². The molecule has 28 heavy (non-hydrogen) atoms. The Hall–Kier alpha value is -2.59. The van der Waals surface area contributed by atoms with E-state index in [9.17, 15) is 9.90 Å². The minimum atomic E-state index is -0.875. The summed E-state index contributed by atoms with van der Waals surface area (Å²) in [7, 11) is 6.16. The standard InChI is InChI=1S/C18H16N2O2.3C2H6/c1-19-14-10-5-4-7-11(14)17-15(19)12-8-6-9-13(18(21)22)16(12)20(17,2)3;3*1-2/h4-10H,1-3H3;3*1-2H3/p+1. The molecule has 2 aromatic carbocycles. The van der Waals surface area contributed by atoms with Gasteiger partial charge >= 0.3 is 5.97 Å². The number of hydrogen-bond acceptors (Lipinski definition) is 1. The van der Waals surface area contributed by atoms with Gasteiger partial charge < -0.3 is 9.67 Å². The number of quaternary nitrogens is 1. The quantitative estimate of drug-likeness (QED) is 0.468. The number of rotatable bonds is 1. The van der Waals surface area contributed by atoms with E-state index in [2.05, 4.69) is 30.8 Å². The summed E-state index contributed by atoms with van der Waals surface area (Å²) in [5, 5.41) is 10.7. The molecule has 1 aromatic heterocycles. The van der Waals surface area contributed by atoms with E-state index in [1.807, 2.05) is 72.9 Å². The molecule has 4 heteroatoms. The second-order valence-electron chi connectivity index (χ2n) is 6.23. The number of carboxylic acids is 1. The molecular weight excluding hydrogens is 348 g/mol. The van der Waals surface area contributed by atoms with Crippen molar-refractivity contribution in [2.24, 2.45) is 7.05 Å². The van der Waals surface area contributed by atoms with E-state index in [0.717, 1.165) is 16.9 Å². The highest BCUT2D eigenvalue weighted by Gasteiger charge is 2.44. The third-order valence-corrected chi connectivity index (χ3v) is 4.72. The Morgan fingerprint density at radius 2 is 1.43 bits per heavy atom. The van der Waals surface area contributed by atoms with Gasteiger partial charge in [0.1, 0.15) is 11.3 Å². The van der Waals surface area contributed by atoms with E-state index < -0.39 is 5.97 Å². The fraction of sp³-hybridized carbons (Fsp3) is 0.375. The molecule has 0 spiro atoms. The third kappa shape index (κ3) is 3.45. The monoisotopic (exact) mass is 383 g/mol. The normalized spacial score (nSPS) is 12.3. The first-order valence-corrected chi connectivity index (χ1v) is 10.2. The van der Waals surface area contributed by atoms with Crippen molar-refractivity contribution in [1.82, 2.24) is 9.05 Å². The van der Waals surface area contributed by atoms with Crippen LogP contribution in [-0.2, 0) is 7.05 Å². The van der Waals surface area contributed by atoms with Crippen molar-refractivity contribution in [2.75, 3.05) is 14.1 Å². The summed E-state index contributed by atoms with van der Waals surface area (Å²) in [5.74, 6) is -0.875. The van der Waals surface area contributed by atoms with Crippen LogP contribution in [-0.4, -0.2) is 29.7 Å². The molecule has 0 unspecified atom stereocenters. The van der Waals surface area contributed by atoms with Crippen LogP contribution >= 0.6 is 0 Å². The molecule has 0 fully saturated rings. The Balaban J connectivity index is 0.000000599. The molecule has 0 amide bonds. The SMILES string of the molecule is CC.CC.CC.Cn1c2c(c3ccccc31)[N+](C)(C)c1c(C(=O)O)cccc1-2. The predicted octanol–water partition coefficient (Wildman–Crippen LogP) is 6.83. The maximum Gasteiger partial charge on any atom is 0.341 e. The zero-order valence-corrected chi connectivity index (χ0v) is 18.8. The van der Waals surface area contributed by atoms with Crippen LogP contribution in [0.4, 0.5) is 11.4 Å². The maximum absolute atomic E-state index is 11.7. The first-order valence-electron chi connectivity index (χ1n) is 10.2. The van der Waals surface area contributed by atoms with Gasteiger partial charge in [-0.3, -0.25) is 4.48 Å². The lowest BCUT2D eigenvalue weighted by Gasteiger charge is -2.25. The lowest BCUT2D eigenvalue weighted by atomic mass is 10.1. The van der Waals surface area contributed by atoms with Gasteiger partial charge in [0, 0.05) is 7.05 Å². The number of para-hydroxylation sites is 2. The molecule has 0 radical (unpaired) electrons. The number of aryl methyl sites for hydroxylation is 1. The molecular formula is C24H35N2O2+. The van der Waals surface area contributed by atoms with Gasteiger partial charge in [-0.1, -0.05) is 59.7 Å². The highest BCUT2D eigenvalue weighted by Crippen LogP contribution is 2.55. The number of carbonyl (C=O) groups is 1. The second-order valence-corrected chi connectivity index (χ2v) is 6.23. The number of benzene rings is 2. The van der Waals surface area contributed by atoms with Crippen molar-refractivity contribution >= 4 is 28.2 Å². The number of aromatic carboxylic acids is 1. The van der Waals surface area contributed by atoms with Crippen LogP contribution in [0, 0.1) is 0 Å². The van der Waals surface area contributed by atoms with Crippen molar-refractivity contribution in [3.8, 4) is 11.3 Å². The molecule has 1 aliphatic rings. The molecule has 4 rings (SSSR count). The van der Waals surface area contributed by atoms with Crippen molar-refractivity contribution in [3.05, 3.63) is 48.0 Å². The summed E-state index contributed by atoms with van der Waals surface area (Å²) >= 11 is 0. The lowest BCUT2D eigenvalue weighted by Crippen LogP contribution is -2.33. The van der Waals surface area contributed by atoms with Gasteiger partial charge in [-0.05, 0) is 24.3 Å². The number of fused-ring (bicyclic) bond motifs is 5. The molecule has 152 valence electrons. The summed E-state index contributed by atoms with van der Waals surface area (Å²) in [5.41, 5.74) is 5.71. The summed E-state index contributed by atoms with van der Waals surface area (Å²) in [4.78, 5) is 11.7. The Morgan fingerprint density at radius 1 is 0.857 bits per heavy atom. The Labute approximate surface area is 169 Å². The van der Waals surface area contributed by atoms with E-state index in [4.69, 9.17) is 0 Å². The minimum Gasteiger partial charge on any atom is -0.477 e. The molecule has 2 heterocycles. The first-order chi connectivity index (χ1) is 13.4. The number of hydrogen-bond donors (Lipinski definition) is 1. The van der Waals surface area contributed by atoms with Gasteiger partial charge in [-0.2, -0.15) is 0 Å². The molecule has 0 aliphatic carbocycles. The van der Waals surface area contributed by atoms with E-state index in [0.29, 0.717) is 10.0 Å². The van der Waals surface area contributed by atoms with Gasteiger partial charge in [-0.25, -0.2) is 4.79 Å². The van der Waals surface area contributed by atoms with Crippen molar-refractivity contribution < 1.29 is 9.90 Å². The molecule has 0 bridgehead atoms. The number of aromatic nitrogens is 1. The van der Waals surface area contributed by atoms with Crippen LogP contribution in [0.15, 0.2) is 42.5 Å². The Kier molecular flexibility index (Phi) is 8.01. The molecule has 0 saturated carbocycles. The average Bonchev–Trinajstić information content (AvgIpc) is 3.18. The number of nitrogens with zero attached hydrogens (tertiary/aromatic N) is 2. The molecule has 0 atom stereocenters. The van der Waals surface area contributed by atoms with Gasteiger partial charge in [0.15, 0.2) is 11.4 Å². The smallest absolute Gasteiger partial charge is 0.341 e. The van der Waals surface area contributed by atoms with E-state index >= 15 is 0 Å². The largest absolute Gasteiger partial charge is 0.477 e. The van der Waals surface area contributed by atoms with Crippen LogP contribution in [0.1, 0.15) is 51.9 Å². The molecule has 3 aromatic rings. The Morgan fingerprint density at radius 3 is 2.00 bits per heavy atom. The maximum atomic E-state index is 11.7. The van der Waals surface area contributed by atoms with E-state index in [1.54, 1.807) is 6.07 Å². The molecule has 1 N–H and O–H groups in total. The number of carboxylic acid groups (broad SMARTS) is 1.